The van der Waals surface area contributed by atoms with Crippen molar-refractivity contribution in [2.45, 2.75) is 33.7 Å². The average molecular weight is 248 g/mol. The second-order valence-electron chi connectivity index (χ2n) is 5.00. The Labute approximate surface area is 108 Å². The summed E-state index contributed by atoms with van der Waals surface area (Å²) in [5.74, 6) is 1.73. The highest BCUT2D eigenvalue weighted by molar-refractivity contribution is 8.14. The summed E-state index contributed by atoms with van der Waals surface area (Å²) in [6.45, 7) is 8.71. The van der Waals surface area contributed by atoms with E-state index in [1.54, 1.807) is 0 Å². The van der Waals surface area contributed by atoms with Crippen molar-refractivity contribution < 1.29 is 0 Å². The molecule has 17 heavy (non-hydrogen) atoms. The molecule has 0 unspecified atom stereocenters. The summed E-state index contributed by atoms with van der Waals surface area (Å²) in [6.07, 6.45) is 0. The van der Waals surface area contributed by atoms with Gasteiger partial charge in [-0.1, -0.05) is 37.7 Å². The lowest BCUT2D eigenvalue weighted by molar-refractivity contribution is 0.543. The van der Waals surface area contributed by atoms with E-state index in [4.69, 9.17) is 4.99 Å². The van der Waals surface area contributed by atoms with E-state index in [1.165, 1.54) is 16.8 Å². The largest absolute Gasteiger partial charge is 0.335 e. The molecular formula is C14H20N2S. The highest BCUT2D eigenvalue weighted by Crippen LogP contribution is 2.25. The highest BCUT2D eigenvalue weighted by atomic mass is 32.2. The first kappa shape index (κ1) is 12.5. The maximum atomic E-state index is 4.72. The quantitative estimate of drug-likeness (QED) is 0.860. The third-order valence-corrected chi connectivity index (χ3v) is 4.07. The van der Waals surface area contributed by atoms with Crippen LogP contribution in [0.15, 0.2) is 23.2 Å². The maximum Gasteiger partial charge on any atom is 0.161 e. The molecule has 0 saturated heterocycles. The molecule has 0 saturated carbocycles. The molecule has 1 aliphatic rings. The number of hydrogen-bond acceptors (Lipinski definition) is 3. The fraction of sp³-hybridized carbons (Fsp3) is 0.500. The Balaban J connectivity index is 2.11. The van der Waals surface area contributed by atoms with Gasteiger partial charge in [-0.15, -0.1) is 0 Å². The van der Waals surface area contributed by atoms with Crippen LogP contribution in [0.4, 0.5) is 5.69 Å². The summed E-state index contributed by atoms with van der Waals surface area (Å²) in [5, 5.41) is 4.51. The molecule has 1 aromatic carbocycles. The van der Waals surface area contributed by atoms with Gasteiger partial charge in [-0.25, -0.2) is 0 Å². The van der Waals surface area contributed by atoms with Gasteiger partial charge in [-0.3, -0.25) is 4.99 Å². The highest BCUT2D eigenvalue weighted by Gasteiger charge is 2.21. The van der Waals surface area contributed by atoms with Gasteiger partial charge in [-0.2, -0.15) is 0 Å². The van der Waals surface area contributed by atoms with Crippen molar-refractivity contribution >= 4 is 22.6 Å². The van der Waals surface area contributed by atoms with Crippen LogP contribution in [0.3, 0.4) is 0 Å². The summed E-state index contributed by atoms with van der Waals surface area (Å²) in [6, 6.07) is 6.94. The number of benzene rings is 1. The summed E-state index contributed by atoms with van der Waals surface area (Å²) in [7, 11) is 0. The molecule has 0 aliphatic carbocycles. The molecule has 0 fully saturated rings. The van der Waals surface area contributed by atoms with Crippen LogP contribution in [-0.4, -0.2) is 17.0 Å². The average Bonchev–Trinajstić information content (AvgIpc) is 2.72. The molecule has 2 nitrogen and oxygen atoms in total. The van der Waals surface area contributed by atoms with Crippen LogP contribution < -0.4 is 5.32 Å². The van der Waals surface area contributed by atoms with Crippen LogP contribution in [0.25, 0.3) is 0 Å². The minimum Gasteiger partial charge on any atom is -0.335 e. The molecule has 1 aliphatic heterocycles. The maximum absolute atomic E-state index is 4.72. The SMILES string of the molecule is Cc1ccc(C)c(NC2=N[C@@H](C(C)C)CS2)c1. The van der Waals surface area contributed by atoms with E-state index >= 15 is 0 Å². The minimum absolute atomic E-state index is 0.465. The van der Waals surface area contributed by atoms with Crippen LogP contribution in [0.1, 0.15) is 25.0 Å². The zero-order valence-corrected chi connectivity index (χ0v) is 11.8. The van der Waals surface area contributed by atoms with Crippen LogP contribution in [0.2, 0.25) is 0 Å². The van der Waals surface area contributed by atoms with E-state index in [0.717, 1.165) is 10.9 Å². The van der Waals surface area contributed by atoms with Gasteiger partial charge in [0.1, 0.15) is 0 Å². The third-order valence-electron chi connectivity index (χ3n) is 3.08. The molecule has 92 valence electrons. The van der Waals surface area contributed by atoms with Crippen molar-refractivity contribution in [2.75, 3.05) is 11.1 Å². The first-order chi connectivity index (χ1) is 8.06. The smallest absolute Gasteiger partial charge is 0.161 e. The summed E-state index contributed by atoms with van der Waals surface area (Å²) in [4.78, 5) is 4.72. The fourth-order valence-electron chi connectivity index (χ4n) is 1.79. The number of rotatable bonds is 2. The lowest BCUT2D eigenvalue weighted by atomic mass is 10.1. The normalized spacial score (nSPS) is 19.6. The Kier molecular flexibility index (Phi) is 3.77. The topological polar surface area (TPSA) is 24.4 Å². The zero-order valence-electron chi connectivity index (χ0n) is 10.9. The number of nitrogens with zero attached hydrogens (tertiary/aromatic N) is 1. The Bertz CT molecular complexity index is 438. The Morgan fingerprint density at radius 2 is 2.12 bits per heavy atom. The Hall–Kier alpha value is -0.960. The number of anilines is 1. The molecule has 1 atom stereocenters. The van der Waals surface area contributed by atoms with Crippen LogP contribution in [0, 0.1) is 19.8 Å². The predicted molar refractivity (Wildman–Crippen MR) is 78.1 cm³/mol. The molecule has 0 radical (unpaired) electrons. The number of nitrogens with one attached hydrogen (secondary N) is 1. The Morgan fingerprint density at radius 1 is 1.35 bits per heavy atom. The van der Waals surface area contributed by atoms with Gasteiger partial charge in [0.25, 0.3) is 0 Å². The van der Waals surface area contributed by atoms with Crippen molar-refractivity contribution in [3.8, 4) is 0 Å². The zero-order chi connectivity index (χ0) is 12.4. The van der Waals surface area contributed by atoms with E-state index in [0.29, 0.717) is 12.0 Å². The first-order valence-electron chi connectivity index (χ1n) is 6.11. The Morgan fingerprint density at radius 3 is 2.76 bits per heavy atom. The summed E-state index contributed by atoms with van der Waals surface area (Å²) < 4.78 is 0. The molecule has 0 spiro atoms. The molecule has 1 heterocycles. The molecule has 0 bridgehead atoms. The number of amidine groups is 1. The van der Waals surface area contributed by atoms with Crippen molar-refractivity contribution in [3.05, 3.63) is 29.3 Å². The van der Waals surface area contributed by atoms with Crippen LogP contribution in [-0.2, 0) is 0 Å². The molecule has 0 amide bonds. The third kappa shape index (κ3) is 3.03. The van der Waals surface area contributed by atoms with E-state index in [9.17, 15) is 0 Å². The predicted octanol–water partition coefficient (Wildman–Crippen LogP) is 3.84. The van der Waals surface area contributed by atoms with Gasteiger partial charge in [0.05, 0.1) is 6.04 Å². The lowest BCUT2D eigenvalue weighted by Gasteiger charge is -2.09. The minimum atomic E-state index is 0.465. The van der Waals surface area contributed by atoms with Gasteiger partial charge in [0, 0.05) is 11.4 Å². The summed E-state index contributed by atoms with van der Waals surface area (Å²) in [5.41, 5.74) is 3.73. The van der Waals surface area contributed by atoms with E-state index in [1.807, 2.05) is 11.8 Å². The van der Waals surface area contributed by atoms with Gasteiger partial charge >= 0.3 is 0 Å². The van der Waals surface area contributed by atoms with Crippen LogP contribution >= 0.6 is 11.8 Å². The monoisotopic (exact) mass is 248 g/mol. The van der Waals surface area contributed by atoms with Gasteiger partial charge < -0.3 is 5.32 Å². The first-order valence-corrected chi connectivity index (χ1v) is 7.09. The van der Waals surface area contributed by atoms with Crippen molar-refractivity contribution in [1.29, 1.82) is 0 Å². The van der Waals surface area contributed by atoms with Crippen molar-refractivity contribution in [1.82, 2.24) is 0 Å². The van der Waals surface area contributed by atoms with E-state index in [-0.39, 0.29) is 0 Å². The number of aliphatic imine (C=N–C) groups is 1. The van der Waals surface area contributed by atoms with Crippen molar-refractivity contribution in [2.24, 2.45) is 10.9 Å². The van der Waals surface area contributed by atoms with E-state index in [2.05, 4.69) is 51.2 Å². The van der Waals surface area contributed by atoms with Crippen molar-refractivity contribution in [3.63, 3.8) is 0 Å². The molecular weight excluding hydrogens is 228 g/mol. The molecule has 2 rings (SSSR count). The molecule has 3 heteroatoms. The lowest BCUT2D eigenvalue weighted by Crippen LogP contribution is -2.12. The second-order valence-corrected chi connectivity index (χ2v) is 6.01. The van der Waals surface area contributed by atoms with Gasteiger partial charge in [0.2, 0.25) is 0 Å². The fourth-order valence-corrected chi connectivity index (χ4v) is 2.97. The molecule has 1 aromatic rings. The molecule has 1 N–H and O–H groups in total. The standard InChI is InChI=1S/C14H20N2S/c1-9(2)13-8-17-14(16-13)15-12-7-10(3)5-6-11(12)4/h5-7,9,13H,8H2,1-4H3,(H,15,16)/t13-/m1/s1. The van der Waals surface area contributed by atoms with Gasteiger partial charge in [0.15, 0.2) is 5.17 Å². The summed E-state index contributed by atoms with van der Waals surface area (Å²) >= 11 is 1.83. The molecule has 0 aromatic heterocycles. The van der Waals surface area contributed by atoms with E-state index < -0.39 is 0 Å². The number of hydrogen-bond donors (Lipinski definition) is 1. The number of thioether (sulfide) groups is 1. The van der Waals surface area contributed by atoms with Gasteiger partial charge in [-0.05, 0) is 37.0 Å². The second kappa shape index (κ2) is 5.13. The van der Waals surface area contributed by atoms with Crippen LogP contribution in [0.5, 0.6) is 0 Å². The number of aryl methyl sites for hydroxylation is 2.